The molecule has 0 saturated carbocycles. The van der Waals surface area contributed by atoms with Gasteiger partial charge in [0.15, 0.2) is 0 Å². The molecule has 3 heterocycles. The second-order valence-electron chi connectivity index (χ2n) is 6.07. The summed E-state index contributed by atoms with van der Waals surface area (Å²) in [5.41, 5.74) is 0.476. The van der Waals surface area contributed by atoms with E-state index in [1.165, 1.54) is 6.20 Å². The molecule has 3 rings (SSSR count). The molecule has 2 unspecified atom stereocenters. The monoisotopic (exact) mass is 294 g/mol. The molecule has 2 saturated heterocycles. The number of ether oxygens (including phenoxy) is 2. The van der Waals surface area contributed by atoms with E-state index in [2.05, 4.69) is 5.16 Å². The quantitative estimate of drug-likeness (QED) is 0.848. The van der Waals surface area contributed by atoms with Gasteiger partial charge in [0.05, 0.1) is 18.9 Å². The molecule has 2 aliphatic heterocycles. The van der Waals surface area contributed by atoms with Crippen LogP contribution in [0.15, 0.2) is 10.7 Å². The summed E-state index contributed by atoms with van der Waals surface area (Å²) in [7, 11) is 1.71. The lowest BCUT2D eigenvalue weighted by Crippen LogP contribution is -2.58. The molecule has 21 heavy (non-hydrogen) atoms. The number of amides is 1. The van der Waals surface area contributed by atoms with Crippen molar-refractivity contribution in [2.24, 2.45) is 5.41 Å². The maximum atomic E-state index is 12.6. The highest BCUT2D eigenvalue weighted by atomic mass is 16.5. The number of methoxy groups -OCH3 is 1. The lowest BCUT2D eigenvalue weighted by atomic mass is 9.73. The number of carbonyl (C=O) groups is 1. The summed E-state index contributed by atoms with van der Waals surface area (Å²) in [5, 5.41) is 3.70. The van der Waals surface area contributed by atoms with Gasteiger partial charge in [-0.2, -0.15) is 0 Å². The van der Waals surface area contributed by atoms with Gasteiger partial charge < -0.3 is 18.9 Å². The number of likely N-dealkylation sites (tertiary alicyclic amines) is 1. The van der Waals surface area contributed by atoms with Crippen LogP contribution in [0.25, 0.3) is 0 Å². The minimum Gasteiger partial charge on any atom is -0.384 e. The highest BCUT2D eigenvalue weighted by molar-refractivity contribution is 5.94. The first-order valence-electron chi connectivity index (χ1n) is 7.47. The Labute approximate surface area is 124 Å². The molecule has 0 aliphatic carbocycles. The van der Waals surface area contributed by atoms with Crippen LogP contribution in [0, 0.1) is 12.3 Å². The molecule has 0 radical (unpaired) electrons. The van der Waals surface area contributed by atoms with Crippen molar-refractivity contribution < 1.29 is 18.8 Å². The minimum atomic E-state index is -0.0774. The van der Waals surface area contributed by atoms with Crippen molar-refractivity contribution in [2.45, 2.75) is 32.3 Å². The lowest BCUT2D eigenvalue weighted by molar-refractivity contribution is -0.142. The summed E-state index contributed by atoms with van der Waals surface area (Å²) in [5.74, 6) is 0.566. The van der Waals surface area contributed by atoms with E-state index >= 15 is 0 Å². The summed E-state index contributed by atoms with van der Waals surface area (Å²) in [4.78, 5) is 14.5. The fourth-order valence-corrected chi connectivity index (χ4v) is 3.64. The third-order valence-electron chi connectivity index (χ3n) is 4.69. The summed E-state index contributed by atoms with van der Waals surface area (Å²) in [6.45, 7) is 4.59. The Bertz CT molecular complexity index is 512. The smallest absolute Gasteiger partial charge is 0.259 e. The molecule has 2 atom stereocenters. The van der Waals surface area contributed by atoms with Crippen LogP contribution in [-0.4, -0.2) is 55.5 Å². The number of carbonyl (C=O) groups excluding carboxylic acids is 1. The summed E-state index contributed by atoms with van der Waals surface area (Å²) >= 11 is 0. The molecular formula is C15H22N2O4. The summed E-state index contributed by atoms with van der Waals surface area (Å²) in [6.07, 6.45) is 4.62. The van der Waals surface area contributed by atoms with E-state index in [0.717, 1.165) is 25.9 Å². The van der Waals surface area contributed by atoms with Gasteiger partial charge in [0.1, 0.15) is 11.3 Å². The Morgan fingerprint density at radius 1 is 1.62 bits per heavy atom. The Kier molecular flexibility index (Phi) is 3.99. The van der Waals surface area contributed by atoms with E-state index < -0.39 is 0 Å². The number of piperidine rings is 1. The topological polar surface area (TPSA) is 64.8 Å². The van der Waals surface area contributed by atoms with Crippen molar-refractivity contribution in [1.82, 2.24) is 10.1 Å². The number of hydrogen-bond donors (Lipinski definition) is 0. The lowest BCUT2D eigenvalue weighted by Gasteiger charge is -2.50. The molecule has 2 fully saturated rings. The van der Waals surface area contributed by atoms with Gasteiger partial charge in [-0.1, -0.05) is 5.16 Å². The first-order valence-corrected chi connectivity index (χ1v) is 7.47. The minimum absolute atomic E-state index is 0.00625. The number of aromatic nitrogens is 1. The Morgan fingerprint density at radius 2 is 2.48 bits per heavy atom. The molecule has 0 N–H and O–H groups in total. The van der Waals surface area contributed by atoms with Crippen LogP contribution < -0.4 is 0 Å². The normalized spacial score (nSPS) is 29.2. The van der Waals surface area contributed by atoms with Crippen LogP contribution in [0.1, 0.15) is 35.4 Å². The number of hydrogen-bond acceptors (Lipinski definition) is 5. The third-order valence-corrected chi connectivity index (χ3v) is 4.69. The molecule has 0 spiro atoms. The van der Waals surface area contributed by atoms with Gasteiger partial charge in [-0.15, -0.1) is 0 Å². The van der Waals surface area contributed by atoms with Crippen molar-refractivity contribution in [1.29, 1.82) is 0 Å². The zero-order valence-corrected chi connectivity index (χ0v) is 12.6. The highest BCUT2D eigenvalue weighted by Gasteiger charge is 2.47. The van der Waals surface area contributed by atoms with Crippen molar-refractivity contribution in [3.05, 3.63) is 17.5 Å². The number of nitrogens with zero attached hydrogens (tertiary/aromatic N) is 2. The van der Waals surface area contributed by atoms with Crippen LogP contribution in [0.3, 0.4) is 0 Å². The van der Waals surface area contributed by atoms with E-state index in [4.69, 9.17) is 14.0 Å². The molecule has 0 aromatic carbocycles. The molecule has 0 bridgehead atoms. The molecule has 6 nitrogen and oxygen atoms in total. The SMILES string of the molecule is COCC12CCCOC1CCN(C(=O)c1cnoc1C)C2. The molecule has 1 aromatic heterocycles. The number of aryl methyl sites for hydroxylation is 1. The second kappa shape index (κ2) is 5.77. The van der Waals surface area contributed by atoms with Crippen LogP contribution in [0.5, 0.6) is 0 Å². The molecule has 1 aromatic rings. The zero-order chi connectivity index (χ0) is 14.9. The highest BCUT2D eigenvalue weighted by Crippen LogP contribution is 2.40. The van der Waals surface area contributed by atoms with Gasteiger partial charge in [-0.3, -0.25) is 4.79 Å². The van der Waals surface area contributed by atoms with Crippen LogP contribution in [0.4, 0.5) is 0 Å². The van der Waals surface area contributed by atoms with E-state index in [1.54, 1.807) is 14.0 Å². The van der Waals surface area contributed by atoms with Gasteiger partial charge >= 0.3 is 0 Å². The van der Waals surface area contributed by atoms with Crippen molar-refractivity contribution >= 4 is 5.91 Å². The predicted molar refractivity (Wildman–Crippen MR) is 75.0 cm³/mol. The largest absolute Gasteiger partial charge is 0.384 e. The van der Waals surface area contributed by atoms with Gasteiger partial charge in [0, 0.05) is 32.2 Å². The van der Waals surface area contributed by atoms with E-state index in [0.29, 0.717) is 31.0 Å². The third kappa shape index (κ3) is 2.58. The zero-order valence-electron chi connectivity index (χ0n) is 12.6. The van der Waals surface area contributed by atoms with Gasteiger partial charge in [0.25, 0.3) is 5.91 Å². The molecule has 6 heteroatoms. The van der Waals surface area contributed by atoms with Crippen molar-refractivity contribution in [3.8, 4) is 0 Å². The maximum absolute atomic E-state index is 12.6. The van der Waals surface area contributed by atoms with Gasteiger partial charge in [0.2, 0.25) is 0 Å². The van der Waals surface area contributed by atoms with Crippen molar-refractivity contribution in [2.75, 3.05) is 33.4 Å². The Balaban J connectivity index is 1.80. The average molecular weight is 294 g/mol. The molecular weight excluding hydrogens is 272 g/mol. The maximum Gasteiger partial charge on any atom is 0.259 e. The second-order valence-corrected chi connectivity index (χ2v) is 6.07. The van der Waals surface area contributed by atoms with Gasteiger partial charge in [-0.05, 0) is 26.2 Å². The average Bonchev–Trinajstić information content (AvgIpc) is 2.92. The fourth-order valence-electron chi connectivity index (χ4n) is 3.64. The molecule has 2 aliphatic rings. The van der Waals surface area contributed by atoms with Crippen LogP contribution in [-0.2, 0) is 9.47 Å². The summed E-state index contributed by atoms with van der Waals surface area (Å²) in [6, 6.07) is 0. The van der Waals surface area contributed by atoms with Crippen LogP contribution >= 0.6 is 0 Å². The number of rotatable bonds is 3. The van der Waals surface area contributed by atoms with E-state index in [1.807, 2.05) is 4.90 Å². The van der Waals surface area contributed by atoms with E-state index in [-0.39, 0.29) is 17.4 Å². The van der Waals surface area contributed by atoms with E-state index in [9.17, 15) is 4.79 Å². The first-order chi connectivity index (χ1) is 10.2. The standard InChI is InChI=1S/C15H22N2O4/c1-11-12(8-16-21-11)14(18)17-6-4-13-15(9-17,10-19-2)5-3-7-20-13/h8,13H,3-7,9-10H2,1-2H3. The van der Waals surface area contributed by atoms with Crippen molar-refractivity contribution in [3.63, 3.8) is 0 Å². The Morgan fingerprint density at radius 3 is 3.19 bits per heavy atom. The fraction of sp³-hybridized carbons (Fsp3) is 0.733. The predicted octanol–water partition coefficient (Wildman–Crippen LogP) is 1.64. The van der Waals surface area contributed by atoms with Gasteiger partial charge in [-0.25, -0.2) is 0 Å². The summed E-state index contributed by atoms with van der Waals surface area (Å²) < 4.78 is 16.4. The molecule has 1 amide bonds. The first kappa shape index (κ1) is 14.5. The molecule has 116 valence electrons. The number of fused-ring (bicyclic) bond motifs is 1. The Hall–Kier alpha value is -1.40. The van der Waals surface area contributed by atoms with Crippen LogP contribution in [0.2, 0.25) is 0 Å².